The molecule has 1 aromatic carbocycles. The van der Waals surface area contributed by atoms with Crippen molar-refractivity contribution in [1.82, 2.24) is 9.55 Å². The summed E-state index contributed by atoms with van der Waals surface area (Å²) in [5.74, 6) is 1.65. The third-order valence-electron chi connectivity index (χ3n) is 6.36. The van der Waals surface area contributed by atoms with Crippen molar-refractivity contribution in [3.05, 3.63) is 52.9 Å². The van der Waals surface area contributed by atoms with E-state index < -0.39 is 0 Å². The molecule has 1 heterocycles. The molecular weight excluding hydrogens is 334 g/mol. The Morgan fingerprint density at radius 3 is 2.59 bits per heavy atom. The van der Waals surface area contributed by atoms with E-state index in [1.807, 2.05) is 13.0 Å². The molecule has 2 aliphatic rings. The van der Waals surface area contributed by atoms with Crippen molar-refractivity contribution < 1.29 is 4.79 Å². The summed E-state index contributed by atoms with van der Waals surface area (Å²) in [4.78, 5) is 17.4. The Morgan fingerprint density at radius 1 is 1.26 bits per heavy atom. The highest BCUT2D eigenvalue weighted by Gasteiger charge is 2.42. The molecule has 4 nitrogen and oxygen atoms in total. The molecule has 0 amide bonds. The van der Waals surface area contributed by atoms with Gasteiger partial charge in [-0.1, -0.05) is 51.1 Å². The molecule has 3 unspecified atom stereocenters. The maximum absolute atomic E-state index is 12.4. The molecule has 0 N–H and O–H groups in total. The van der Waals surface area contributed by atoms with Gasteiger partial charge in [-0.3, -0.25) is 4.79 Å². The van der Waals surface area contributed by atoms with E-state index in [9.17, 15) is 10.1 Å². The normalized spacial score (nSPS) is 24.2. The Balaban J connectivity index is 1.79. The van der Waals surface area contributed by atoms with Crippen molar-refractivity contribution in [2.45, 2.75) is 45.4 Å². The van der Waals surface area contributed by atoms with Gasteiger partial charge in [0.15, 0.2) is 5.78 Å². The molecule has 0 aliphatic heterocycles. The van der Waals surface area contributed by atoms with Gasteiger partial charge in [-0.2, -0.15) is 5.26 Å². The molecule has 2 aromatic rings. The molecule has 4 heteroatoms. The van der Waals surface area contributed by atoms with E-state index in [0.29, 0.717) is 11.5 Å². The summed E-state index contributed by atoms with van der Waals surface area (Å²) in [6.45, 7) is 6.35. The number of aromatic nitrogens is 2. The number of ketones is 1. The van der Waals surface area contributed by atoms with E-state index in [1.54, 1.807) is 0 Å². The molecule has 138 valence electrons. The molecule has 27 heavy (non-hydrogen) atoms. The summed E-state index contributed by atoms with van der Waals surface area (Å²) in [5.41, 5.74) is 5.00. The summed E-state index contributed by atoms with van der Waals surface area (Å²) in [6.07, 6.45) is 3.76. The van der Waals surface area contributed by atoms with Crippen molar-refractivity contribution in [1.29, 1.82) is 5.26 Å². The number of carbonyl (C=O) groups excluding carboxylic acids is 1. The topological polar surface area (TPSA) is 58.7 Å². The van der Waals surface area contributed by atoms with Crippen molar-refractivity contribution >= 4 is 5.78 Å². The van der Waals surface area contributed by atoms with Crippen molar-refractivity contribution in [2.24, 2.45) is 18.9 Å². The zero-order chi connectivity index (χ0) is 19.3. The molecule has 2 aliphatic carbocycles. The molecule has 0 saturated heterocycles. The minimum atomic E-state index is -0.112. The molecule has 1 aromatic heterocycles. The first-order valence-electron chi connectivity index (χ1n) is 9.74. The Morgan fingerprint density at radius 2 is 1.96 bits per heavy atom. The van der Waals surface area contributed by atoms with Gasteiger partial charge in [0.05, 0.1) is 11.3 Å². The summed E-state index contributed by atoms with van der Waals surface area (Å²) in [5, 5.41) is 9.36. The lowest BCUT2D eigenvalue weighted by Gasteiger charge is -2.36. The highest BCUT2D eigenvalue weighted by Crippen LogP contribution is 2.45. The van der Waals surface area contributed by atoms with Gasteiger partial charge in [-0.25, -0.2) is 4.98 Å². The fourth-order valence-corrected chi connectivity index (χ4v) is 4.63. The van der Waals surface area contributed by atoms with Crippen LogP contribution in [0.4, 0.5) is 0 Å². The number of allylic oxidation sites excluding steroid dienone is 2. The predicted molar refractivity (Wildman–Crippen MR) is 105 cm³/mol. The fourth-order valence-electron chi connectivity index (χ4n) is 4.63. The Hall–Kier alpha value is -2.67. The fraction of sp³-hybridized carbons (Fsp3) is 0.435. The standard InChI is InChI=1S/C23H25N3O/c1-13(2)15-5-7-16(8-6-15)23-25-21-19-11-17(12-24)22(27)14(3)18(19)9-10-20(21)26(23)4/h5-8,11,13-14,18-19H,9-10H2,1-4H3. The van der Waals surface area contributed by atoms with Crippen LogP contribution in [0.3, 0.4) is 0 Å². The average molecular weight is 359 g/mol. The number of Topliss-reactive ketones (excluding diaryl/α,β-unsaturated/α-hetero) is 1. The minimum absolute atomic E-state index is 0.0115. The third kappa shape index (κ3) is 2.73. The lowest BCUT2D eigenvalue weighted by molar-refractivity contribution is -0.120. The smallest absolute Gasteiger partial charge is 0.176 e. The molecule has 3 atom stereocenters. The number of rotatable bonds is 2. The van der Waals surface area contributed by atoms with Crippen molar-refractivity contribution in [2.75, 3.05) is 0 Å². The minimum Gasteiger partial charge on any atom is -0.331 e. The second-order valence-electron chi connectivity index (χ2n) is 8.18. The van der Waals surface area contributed by atoms with Crippen LogP contribution in [-0.4, -0.2) is 15.3 Å². The van der Waals surface area contributed by atoms with E-state index in [4.69, 9.17) is 4.98 Å². The van der Waals surface area contributed by atoms with Crippen LogP contribution in [0.2, 0.25) is 0 Å². The molecule has 0 saturated carbocycles. The largest absolute Gasteiger partial charge is 0.331 e. The highest BCUT2D eigenvalue weighted by atomic mass is 16.1. The maximum atomic E-state index is 12.4. The Labute approximate surface area is 160 Å². The second kappa shape index (κ2) is 6.49. The Bertz CT molecular complexity index is 972. The number of nitriles is 1. The molecule has 0 spiro atoms. The number of hydrogen-bond acceptors (Lipinski definition) is 3. The van der Waals surface area contributed by atoms with Gasteiger partial charge < -0.3 is 4.57 Å². The summed E-state index contributed by atoms with van der Waals surface area (Å²) in [7, 11) is 2.07. The molecule has 0 bridgehead atoms. The first-order valence-corrected chi connectivity index (χ1v) is 9.74. The van der Waals surface area contributed by atoms with E-state index in [2.05, 4.69) is 55.8 Å². The van der Waals surface area contributed by atoms with Crippen LogP contribution in [0.25, 0.3) is 11.4 Å². The number of nitrogens with zero attached hydrogens (tertiary/aromatic N) is 3. The average Bonchev–Trinajstić information content (AvgIpc) is 3.01. The van der Waals surface area contributed by atoms with Crippen LogP contribution < -0.4 is 0 Å². The maximum Gasteiger partial charge on any atom is 0.176 e. The zero-order valence-electron chi connectivity index (χ0n) is 16.4. The first-order chi connectivity index (χ1) is 12.9. The van der Waals surface area contributed by atoms with Gasteiger partial charge in [0, 0.05) is 30.1 Å². The van der Waals surface area contributed by atoms with Crippen LogP contribution >= 0.6 is 0 Å². The van der Waals surface area contributed by atoms with Gasteiger partial charge >= 0.3 is 0 Å². The van der Waals surface area contributed by atoms with Crippen LogP contribution in [0.5, 0.6) is 0 Å². The third-order valence-corrected chi connectivity index (χ3v) is 6.36. The number of fused-ring (bicyclic) bond motifs is 3. The van der Waals surface area contributed by atoms with Gasteiger partial charge in [-0.15, -0.1) is 0 Å². The molecular formula is C23H25N3O. The molecule has 0 radical (unpaired) electrons. The number of imidazole rings is 1. The summed E-state index contributed by atoms with van der Waals surface area (Å²) in [6, 6.07) is 10.7. The van der Waals surface area contributed by atoms with Gasteiger partial charge in [0.1, 0.15) is 11.9 Å². The number of carbonyl (C=O) groups is 1. The summed E-state index contributed by atoms with van der Waals surface area (Å²) < 4.78 is 2.19. The zero-order valence-corrected chi connectivity index (χ0v) is 16.4. The van der Waals surface area contributed by atoms with Gasteiger partial charge in [0.2, 0.25) is 0 Å². The van der Waals surface area contributed by atoms with Crippen molar-refractivity contribution in [3.63, 3.8) is 0 Å². The predicted octanol–water partition coefficient (Wildman–Crippen LogP) is 4.53. The number of benzene rings is 1. The van der Waals surface area contributed by atoms with Crippen LogP contribution in [0.1, 0.15) is 56.0 Å². The monoisotopic (exact) mass is 359 g/mol. The lowest BCUT2D eigenvalue weighted by Crippen LogP contribution is -2.34. The van der Waals surface area contributed by atoms with Crippen LogP contribution in [0.15, 0.2) is 35.9 Å². The van der Waals surface area contributed by atoms with E-state index in [1.165, 1.54) is 11.3 Å². The van der Waals surface area contributed by atoms with Gasteiger partial charge in [-0.05, 0) is 30.2 Å². The number of hydrogen-bond donors (Lipinski definition) is 0. The van der Waals surface area contributed by atoms with E-state index in [0.717, 1.165) is 29.9 Å². The SMILES string of the molecule is CC(C)c1ccc(-c2nc3c(n2C)CCC2C(C)C(=O)C(C#N)=CC32)cc1. The Kier molecular flexibility index (Phi) is 4.26. The molecule has 0 fully saturated rings. The quantitative estimate of drug-likeness (QED) is 0.792. The van der Waals surface area contributed by atoms with E-state index >= 15 is 0 Å². The van der Waals surface area contributed by atoms with Crippen LogP contribution in [-0.2, 0) is 18.3 Å². The highest BCUT2D eigenvalue weighted by molar-refractivity contribution is 6.01. The van der Waals surface area contributed by atoms with E-state index in [-0.39, 0.29) is 23.5 Å². The van der Waals surface area contributed by atoms with Crippen LogP contribution in [0, 0.1) is 23.2 Å². The lowest BCUT2D eigenvalue weighted by atomic mass is 9.67. The first kappa shape index (κ1) is 17.7. The molecule has 4 rings (SSSR count). The van der Waals surface area contributed by atoms with Gasteiger partial charge in [0.25, 0.3) is 0 Å². The summed E-state index contributed by atoms with van der Waals surface area (Å²) >= 11 is 0. The van der Waals surface area contributed by atoms with Crippen molar-refractivity contribution in [3.8, 4) is 17.5 Å². The second-order valence-corrected chi connectivity index (χ2v) is 8.18.